The first kappa shape index (κ1) is 14.2. The molecule has 1 aromatic carbocycles. The fourth-order valence-electron chi connectivity index (χ4n) is 1.63. The molecule has 1 aromatic rings. The van der Waals surface area contributed by atoms with Gasteiger partial charge in [-0.15, -0.1) is 0 Å². The van der Waals surface area contributed by atoms with Crippen molar-refractivity contribution < 1.29 is 8.42 Å². The van der Waals surface area contributed by atoms with Gasteiger partial charge in [0.1, 0.15) is 9.84 Å². The number of nitrogens with one attached hydrogen (secondary N) is 1. The van der Waals surface area contributed by atoms with Gasteiger partial charge in [0.25, 0.3) is 0 Å². The van der Waals surface area contributed by atoms with Crippen molar-refractivity contribution in [1.82, 2.24) is 5.32 Å². The van der Waals surface area contributed by atoms with Crippen LogP contribution in [0.1, 0.15) is 30.5 Å². The van der Waals surface area contributed by atoms with Gasteiger partial charge in [-0.3, -0.25) is 0 Å². The molecule has 0 aromatic heterocycles. The molecule has 1 rings (SSSR count). The third kappa shape index (κ3) is 5.84. The summed E-state index contributed by atoms with van der Waals surface area (Å²) < 4.78 is 21.9. The smallest absolute Gasteiger partial charge is 0.147 e. The maximum Gasteiger partial charge on any atom is 0.147 e. The summed E-state index contributed by atoms with van der Waals surface area (Å²) in [6.45, 7) is 4.88. The summed E-state index contributed by atoms with van der Waals surface area (Å²) in [5.41, 5.74) is 2.48. The maximum atomic E-state index is 11.0. The average Bonchev–Trinajstić information content (AvgIpc) is 2.24. The van der Waals surface area contributed by atoms with Crippen molar-refractivity contribution in [3.05, 3.63) is 35.4 Å². The van der Waals surface area contributed by atoms with E-state index < -0.39 is 9.84 Å². The molecule has 0 amide bonds. The molecule has 0 aliphatic rings. The van der Waals surface area contributed by atoms with Crippen LogP contribution in [0.4, 0.5) is 0 Å². The lowest BCUT2D eigenvalue weighted by molar-refractivity contribution is 0.562. The van der Waals surface area contributed by atoms with Crippen LogP contribution in [0, 0.1) is 6.92 Å². The normalized spacial score (nSPS) is 13.6. The molecule has 96 valence electrons. The van der Waals surface area contributed by atoms with E-state index in [4.69, 9.17) is 0 Å². The lowest BCUT2D eigenvalue weighted by atomic mass is 10.1. The standard InChI is InChI=1S/C13H21NO2S/c1-11-5-7-13(8-6-11)12(2)14-9-4-10-17(3,15)16/h5-8,12,14H,4,9-10H2,1-3H3/t12-/m0/s1. The summed E-state index contributed by atoms with van der Waals surface area (Å²) in [5, 5.41) is 3.33. The fourth-order valence-corrected chi connectivity index (χ4v) is 2.29. The highest BCUT2D eigenvalue weighted by molar-refractivity contribution is 7.90. The second-order valence-electron chi connectivity index (χ2n) is 4.57. The van der Waals surface area contributed by atoms with Crippen LogP contribution >= 0.6 is 0 Å². The first-order chi connectivity index (χ1) is 7.88. The molecule has 4 heteroatoms. The van der Waals surface area contributed by atoms with Crippen LogP contribution in [-0.2, 0) is 9.84 Å². The van der Waals surface area contributed by atoms with E-state index in [-0.39, 0.29) is 11.8 Å². The first-order valence-corrected chi connectivity index (χ1v) is 7.92. The van der Waals surface area contributed by atoms with Gasteiger partial charge in [-0.25, -0.2) is 8.42 Å². The molecule has 0 heterocycles. The quantitative estimate of drug-likeness (QED) is 0.792. The second kappa shape index (κ2) is 6.17. The van der Waals surface area contributed by atoms with Gasteiger partial charge in [-0.2, -0.15) is 0 Å². The van der Waals surface area contributed by atoms with Crippen molar-refractivity contribution >= 4 is 9.84 Å². The van der Waals surface area contributed by atoms with Crippen LogP contribution in [0.15, 0.2) is 24.3 Å². The van der Waals surface area contributed by atoms with Gasteiger partial charge >= 0.3 is 0 Å². The SMILES string of the molecule is Cc1ccc([C@H](C)NCCCS(C)(=O)=O)cc1. The highest BCUT2D eigenvalue weighted by atomic mass is 32.2. The summed E-state index contributed by atoms with van der Waals surface area (Å²) in [5.74, 6) is 0.251. The molecule has 3 nitrogen and oxygen atoms in total. The molecule has 17 heavy (non-hydrogen) atoms. The lowest BCUT2D eigenvalue weighted by Crippen LogP contribution is -2.21. The van der Waals surface area contributed by atoms with Gasteiger partial charge in [0, 0.05) is 12.3 Å². The third-order valence-corrected chi connectivity index (χ3v) is 3.75. The number of hydrogen-bond acceptors (Lipinski definition) is 3. The topological polar surface area (TPSA) is 46.2 Å². The van der Waals surface area contributed by atoms with Crippen LogP contribution in [0.25, 0.3) is 0 Å². The number of benzene rings is 1. The summed E-state index contributed by atoms with van der Waals surface area (Å²) >= 11 is 0. The minimum absolute atomic E-state index is 0.251. The zero-order chi connectivity index (χ0) is 12.9. The van der Waals surface area contributed by atoms with Gasteiger partial charge < -0.3 is 5.32 Å². The summed E-state index contributed by atoms with van der Waals surface area (Å²) in [6, 6.07) is 8.64. The molecule has 0 aliphatic heterocycles. The molecule has 0 bridgehead atoms. The Bertz CT molecular complexity index is 437. The van der Waals surface area contributed by atoms with Crippen molar-refractivity contribution in [2.75, 3.05) is 18.6 Å². The molecule has 0 aliphatic carbocycles. The summed E-state index contributed by atoms with van der Waals surface area (Å²) in [7, 11) is -2.83. The Morgan fingerprint density at radius 1 is 1.24 bits per heavy atom. The lowest BCUT2D eigenvalue weighted by Gasteiger charge is -2.14. The highest BCUT2D eigenvalue weighted by Crippen LogP contribution is 2.12. The monoisotopic (exact) mass is 255 g/mol. The Labute approximate surface area is 104 Å². The summed E-state index contributed by atoms with van der Waals surface area (Å²) in [4.78, 5) is 0. The molecular formula is C13H21NO2S. The van der Waals surface area contributed by atoms with Crippen molar-refractivity contribution in [3.63, 3.8) is 0 Å². The van der Waals surface area contributed by atoms with E-state index in [0.29, 0.717) is 6.42 Å². The van der Waals surface area contributed by atoms with Crippen molar-refractivity contribution in [2.45, 2.75) is 26.3 Å². The number of aryl methyl sites for hydroxylation is 1. The van der Waals surface area contributed by atoms with Gasteiger partial charge in [-0.1, -0.05) is 29.8 Å². The second-order valence-corrected chi connectivity index (χ2v) is 6.83. The van der Waals surface area contributed by atoms with Crippen molar-refractivity contribution in [2.24, 2.45) is 0 Å². The molecule has 0 spiro atoms. The number of rotatable bonds is 6. The van der Waals surface area contributed by atoms with E-state index in [1.807, 2.05) is 0 Å². The Balaban J connectivity index is 2.35. The Kier molecular flexibility index (Phi) is 5.15. The number of hydrogen-bond donors (Lipinski definition) is 1. The average molecular weight is 255 g/mol. The van der Waals surface area contributed by atoms with Gasteiger partial charge in [0.15, 0.2) is 0 Å². The van der Waals surface area contributed by atoms with E-state index in [1.165, 1.54) is 17.4 Å². The zero-order valence-electron chi connectivity index (χ0n) is 10.7. The van der Waals surface area contributed by atoms with Gasteiger partial charge in [0.05, 0.1) is 5.75 Å². The van der Waals surface area contributed by atoms with Crippen LogP contribution in [0.5, 0.6) is 0 Å². The number of sulfone groups is 1. The predicted octanol–water partition coefficient (Wildman–Crippen LogP) is 2.08. The van der Waals surface area contributed by atoms with E-state index >= 15 is 0 Å². The van der Waals surface area contributed by atoms with Crippen molar-refractivity contribution in [1.29, 1.82) is 0 Å². The van der Waals surface area contributed by atoms with Crippen molar-refractivity contribution in [3.8, 4) is 0 Å². The van der Waals surface area contributed by atoms with E-state index in [1.54, 1.807) is 0 Å². The largest absolute Gasteiger partial charge is 0.310 e. The van der Waals surface area contributed by atoms with Crippen LogP contribution in [-0.4, -0.2) is 27.0 Å². The molecule has 0 fully saturated rings. The minimum atomic E-state index is -2.83. The molecule has 0 unspecified atom stereocenters. The van der Waals surface area contributed by atoms with Gasteiger partial charge in [0.2, 0.25) is 0 Å². The Morgan fingerprint density at radius 2 is 1.82 bits per heavy atom. The van der Waals surface area contributed by atoms with Gasteiger partial charge in [-0.05, 0) is 32.4 Å². The Hall–Kier alpha value is -0.870. The first-order valence-electron chi connectivity index (χ1n) is 5.86. The van der Waals surface area contributed by atoms with Crippen LogP contribution in [0.3, 0.4) is 0 Å². The fraction of sp³-hybridized carbons (Fsp3) is 0.538. The summed E-state index contributed by atoms with van der Waals surface area (Å²) in [6.07, 6.45) is 1.94. The van der Waals surface area contributed by atoms with Crippen LogP contribution in [0.2, 0.25) is 0 Å². The Morgan fingerprint density at radius 3 is 2.35 bits per heavy atom. The molecule has 1 N–H and O–H groups in total. The zero-order valence-corrected chi connectivity index (χ0v) is 11.5. The van der Waals surface area contributed by atoms with E-state index in [0.717, 1.165) is 6.54 Å². The molecule has 0 radical (unpaired) electrons. The van der Waals surface area contributed by atoms with E-state index in [9.17, 15) is 8.42 Å². The van der Waals surface area contributed by atoms with E-state index in [2.05, 4.69) is 43.4 Å². The molecule has 1 atom stereocenters. The van der Waals surface area contributed by atoms with Crippen LogP contribution < -0.4 is 5.32 Å². The molecule has 0 saturated carbocycles. The molecular weight excluding hydrogens is 234 g/mol. The third-order valence-electron chi connectivity index (χ3n) is 2.72. The predicted molar refractivity (Wildman–Crippen MR) is 71.9 cm³/mol. The highest BCUT2D eigenvalue weighted by Gasteiger charge is 2.05. The maximum absolute atomic E-state index is 11.0. The molecule has 0 saturated heterocycles. The minimum Gasteiger partial charge on any atom is -0.310 e.